The number of benzene rings is 2. The molecule has 2 aromatic carbocycles. The van der Waals surface area contributed by atoms with Gasteiger partial charge >= 0.3 is 0 Å². The summed E-state index contributed by atoms with van der Waals surface area (Å²) >= 11 is 6.47. The number of carbonyl (C=O) groups excluding carboxylic acids is 1. The van der Waals surface area contributed by atoms with E-state index in [2.05, 4.69) is 4.98 Å². The summed E-state index contributed by atoms with van der Waals surface area (Å²) in [7, 11) is 3.23. The molecule has 1 amide bonds. The standard InChI is InChI=1S/C24H21ClN2O4/c1-29-19-7-5-16(6-8-19)14-27(24(28)22-4-3-11-31-22)15-18-12-17-13-20(30-2)9-10-21(17)26-23(18)25/h3-13H,14-15H2,1-2H3. The minimum absolute atomic E-state index is 0.234. The number of methoxy groups -OCH3 is 2. The number of aromatic nitrogens is 1. The van der Waals surface area contributed by atoms with E-state index in [1.807, 2.05) is 48.5 Å². The molecule has 0 saturated heterocycles. The lowest BCUT2D eigenvalue weighted by atomic mass is 10.1. The van der Waals surface area contributed by atoms with Crippen molar-refractivity contribution in [2.24, 2.45) is 0 Å². The predicted octanol–water partition coefficient (Wildman–Crippen LogP) is 5.34. The molecule has 6 nitrogen and oxygen atoms in total. The highest BCUT2D eigenvalue weighted by atomic mass is 35.5. The fourth-order valence-electron chi connectivity index (χ4n) is 3.33. The van der Waals surface area contributed by atoms with Crippen molar-refractivity contribution in [1.29, 1.82) is 0 Å². The van der Waals surface area contributed by atoms with Crippen molar-refractivity contribution in [2.75, 3.05) is 14.2 Å². The molecule has 0 atom stereocenters. The lowest BCUT2D eigenvalue weighted by molar-refractivity contribution is 0.0697. The molecule has 4 rings (SSSR count). The van der Waals surface area contributed by atoms with E-state index in [9.17, 15) is 4.79 Å². The van der Waals surface area contributed by atoms with Gasteiger partial charge in [0.1, 0.15) is 16.7 Å². The number of fused-ring (bicyclic) bond motifs is 1. The van der Waals surface area contributed by atoms with Gasteiger partial charge in [0, 0.05) is 24.0 Å². The van der Waals surface area contributed by atoms with Gasteiger partial charge in [-0.1, -0.05) is 23.7 Å². The Morgan fingerprint density at radius 3 is 2.42 bits per heavy atom. The highest BCUT2D eigenvalue weighted by Crippen LogP contribution is 2.26. The van der Waals surface area contributed by atoms with Gasteiger partial charge in [-0.05, 0) is 54.1 Å². The van der Waals surface area contributed by atoms with Crippen LogP contribution in [-0.4, -0.2) is 30.0 Å². The maximum absolute atomic E-state index is 13.1. The minimum atomic E-state index is -0.234. The van der Waals surface area contributed by atoms with Crippen molar-refractivity contribution in [3.05, 3.63) is 89.0 Å². The second-order valence-corrected chi connectivity index (χ2v) is 7.34. The summed E-state index contributed by atoms with van der Waals surface area (Å²) in [5, 5.41) is 1.23. The molecule has 0 saturated carbocycles. The minimum Gasteiger partial charge on any atom is -0.497 e. The third-order valence-corrected chi connectivity index (χ3v) is 5.29. The highest BCUT2D eigenvalue weighted by Gasteiger charge is 2.21. The number of amides is 1. The monoisotopic (exact) mass is 436 g/mol. The summed E-state index contributed by atoms with van der Waals surface area (Å²) in [5.74, 6) is 1.51. The Bertz CT molecular complexity index is 1190. The van der Waals surface area contributed by atoms with Gasteiger partial charge in [0.25, 0.3) is 5.91 Å². The van der Waals surface area contributed by atoms with Crippen LogP contribution in [-0.2, 0) is 13.1 Å². The molecule has 0 aliphatic rings. The topological polar surface area (TPSA) is 64.8 Å². The number of rotatable bonds is 7. The van der Waals surface area contributed by atoms with Gasteiger partial charge in [-0.2, -0.15) is 0 Å². The molecule has 0 aliphatic heterocycles. The quantitative estimate of drug-likeness (QED) is 0.366. The fraction of sp³-hybridized carbons (Fsp3) is 0.167. The summed E-state index contributed by atoms with van der Waals surface area (Å²) in [4.78, 5) is 19.3. The molecule has 0 N–H and O–H groups in total. The van der Waals surface area contributed by atoms with Gasteiger partial charge in [0.2, 0.25) is 0 Å². The smallest absolute Gasteiger partial charge is 0.290 e. The Balaban J connectivity index is 1.67. The van der Waals surface area contributed by atoms with Crippen LogP contribution in [0.1, 0.15) is 21.7 Å². The van der Waals surface area contributed by atoms with Gasteiger partial charge < -0.3 is 18.8 Å². The zero-order valence-electron chi connectivity index (χ0n) is 17.2. The van der Waals surface area contributed by atoms with Crippen LogP contribution in [0.5, 0.6) is 11.5 Å². The Morgan fingerprint density at radius 2 is 1.74 bits per heavy atom. The molecule has 7 heteroatoms. The lowest BCUT2D eigenvalue weighted by Gasteiger charge is -2.23. The van der Waals surface area contributed by atoms with Gasteiger partial charge in [0.15, 0.2) is 5.76 Å². The van der Waals surface area contributed by atoms with E-state index in [4.69, 9.17) is 25.5 Å². The van der Waals surface area contributed by atoms with Crippen LogP contribution < -0.4 is 9.47 Å². The summed E-state index contributed by atoms with van der Waals surface area (Å²) in [6.07, 6.45) is 1.48. The summed E-state index contributed by atoms with van der Waals surface area (Å²) in [6.45, 7) is 0.639. The average Bonchev–Trinajstić information content (AvgIpc) is 3.33. The second-order valence-electron chi connectivity index (χ2n) is 6.98. The molecule has 0 aliphatic carbocycles. The number of hydrogen-bond acceptors (Lipinski definition) is 5. The average molecular weight is 437 g/mol. The third-order valence-electron chi connectivity index (χ3n) is 4.96. The molecule has 0 radical (unpaired) electrons. The SMILES string of the molecule is COc1ccc(CN(Cc2cc3cc(OC)ccc3nc2Cl)C(=O)c2ccco2)cc1. The first kappa shape index (κ1) is 20.8. The van der Waals surface area contributed by atoms with Crippen molar-refractivity contribution >= 4 is 28.4 Å². The molecule has 31 heavy (non-hydrogen) atoms. The number of nitrogens with zero attached hydrogens (tertiary/aromatic N) is 2. The molecule has 0 spiro atoms. The lowest BCUT2D eigenvalue weighted by Crippen LogP contribution is -2.30. The van der Waals surface area contributed by atoms with Crippen molar-refractivity contribution in [1.82, 2.24) is 9.88 Å². The summed E-state index contributed by atoms with van der Waals surface area (Å²) in [6, 6.07) is 18.4. The molecular weight excluding hydrogens is 416 g/mol. The molecule has 0 unspecified atom stereocenters. The van der Waals surface area contributed by atoms with E-state index in [1.54, 1.807) is 31.3 Å². The van der Waals surface area contributed by atoms with E-state index < -0.39 is 0 Å². The van der Waals surface area contributed by atoms with Crippen molar-refractivity contribution < 1.29 is 18.7 Å². The van der Waals surface area contributed by atoms with Crippen LogP contribution >= 0.6 is 11.6 Å². The number of hydrogen-bond donors (Lipinski definition) is 0. The molecule has 0 bridgehead atoms. The van der Waals surface area contributed by atoms with Crippen molar-refractivity contribution in [3.63, 3.8) is 0 Å². The van der Waals surface area contributed by atoms with Gasteiger partial charge in [-0.25, -0.2) is 4.98 Å². The van der Waals surface area contributed by atoms with Gasteiger partial charge in [-0.15, -0.1) is 0 Å². The predicted molar refractivity (Wildman–Crippen MR) is 119 cm³/mol. The van der Waals surface area contributed by atoms with Crippen molar-refractivity contribution in [2.45, 2.75) is 13.1 Å². The molecule has 4 aromatic rings. The van der Waals surface area contributed by atoms with Crippen LogP contribution in [0, 0.1) is 0 Å². The van der Waals surface area contributed by atoms with Crippen molar-refractivity contribution in [3.8, 4) is 11.5 Å². The van der Waals surface area contributed by atoms with Crippen LogP contribution in [0.2, 0.25) is 5.15 Å². The first-order valence-corrected chi connectivity index (χ1v) is 10.0. The van der Waals surface area contributed by atoms with E-state index in [-0.39, 0.29) is 18.2 Å². The summed E-state index contributed by atoms with van der Waals surface area (Å²) in [5.41, 5.74) is 2.44. The second kappa shape index (κ2) is 9.10. The zero-order valence-corrected chi connectivity index (χ0v) is 17.9. The number of furan rings is 1. The number of halogens is 1. The Hall–Kier alpha value is -3.51. The molecule has 0 fully saturated rings. The van der Waals surface area contributed by atoms with Crippen LogP contribution in [0.25, 0.3) is 10.9 Å². The Labute approximate surface area is 185 Å². The largest absolute Gasteiger partial charge is 0.497 e. The molecular formula is C24H21ClN2O4. The fourth-order valence-corrected chi connectivity index (χ4v) is 3.53. The Kier molecular flexibility index (Phi) is 6.09. The number of ether oxygens (including phenoxy) is 2. The first-order chi connectivity index (χ1) is 15.1. The van der Waals surface area contributed by atoms with Crippen LogP contribution in [0.4, 0.5) is 0 Å². The zero-order chi connectivity index (χ0) is 21.8. The van der Waals surface area contributed by atoms with Gasteiger partial charge in [0.05, 0.1) is 26.0 Å². The molecule has 158 valence electrons. The van der Waals surface area contributed by atoms with E-state index in [1.165, 1.54) is 6.26 Å². The van der Waals surface area contributed by atoms with Crippen LogP contribution in [0.15, 0.2) is 71.3 Å². The van der Waals surface area contributed by atoms with E-state index in [0.717, 1.165) is 33.5 Å². The highest BCUT2D eigenvalue weighted by molar-refractivity contribution is 6.30. The molecule has 2 aromatic heterocycles. The van der Waals surface area contributed by atoms with E-state index in [0.29, 0.717) is 11.7 Å². The van der Waals surface area contributed by atoms with Gasteiger partial charge in [-0.3, -0.25) is 4.79 Å². The number of carbonyl (C=O) groups is 1. The molecule has 2 heterocycles. The Morgan fingerprint density at radius 1 is 1.00 bits per heavy atom. The third kappa shape index (κ3) is 4.64. The van der Waals surface area contributed by atoms with E-state index >= 15 is 0 Å². The van der Waals surface area contributed by atoms with Crippen LogP contribution in [0.3, 0.4) is 0 Å². The number of pyridine rings is 1. The summed E-state index contributed by atoms with van der Waals surface area (Å²) < 4.78 is 15.9. The normalized spacial score (nSPS) is 10.8. The maximum atomic E-state index is 13.1. The first-order valence-electron chi connectivity index (χ1n) is 9.66. The maximum Gasteiger partial charge on any atom is 0.290 e.